The maximum atomic E-state index is 12.9. The molecule has 0 bridgehead atoms. The summed E-state index contributed by atoms with van der Waals surface area (Å²) >= 11 is 0. The second kappa shape index (κ2) is 8.11. The van der Waals surface area contributed by atoms with Crippen LogP contribution in [0.5, 0.6) is 0 Å². The van der Waals surface area contributed by atoms with Crippen LogP contribution in [-0.4, -0.2) is 16.6 Å². The number of H-pyrrole nitrogens is 1. The van der Waals surface area contributed by atoms with E-state index in [1.54, 1.807) is 0 Å². The van der Waals surface area contributed by atoms with Crippen molar-refractivity contribution < 1.29 is 0 Å². The van der Waals surface area contributed by atoms with E-state index in [1.807, 2.05) is 42.3 Å². The van der Waals surface area contributed by atoms with E-state index in [4.69, 9.17) is 0 Å². The number of nitrogens with zero attached hydrogens (tertiary/aromatic N) is 2. The summed E-state index contributed by atoms with van der Waals surface area (Å²) in [4.78, 5) is 30.0. The minimum atomic E-state index is -0.406. The molecule has 0 atom stereocenters. The van der Waals surface area contributed by atoms with Crippen molar-refractivity contribution in [3.05, 3.63) is 97.7 Å². The van der Waals surface area contributed by atoms with E-state index in [0.717, 1.165) is 15.7 Å². The molecule has 0 unspecified atom stereocenters. The van der Waals surface area contributed by atoms with E-state index in [-0.39, 0.29) is 11.0 Å². The molecule has 5 heteroatoms. The lowest BCUT2D eigenvalue weighted by Crippen LogP contribution is -2.38. The van der Waals surface area contributed by atoms with Gasteiger partial charge in [0.05, 0.1) is 5.56 Å². The normalized spacial score (nSPS) is 11.5. The molecule has 29 heavy (non-hydrogen) atoms. The van der Waals surface area contributed by atoms with Crippen LogP contribution in [0.1, 0.15) is 43.0 Å². The average molecular weight is 392 g/mol. The van der Waals surface area contributed by atoms with Crippen LogP contribution in [0.4, 0.5) is 5.82 Å². The minimum Gasteiger partial charge on any atom is -0.356 e. The summed E-state index contributed by atoms with van der Waals surface area (Å²) in [5.41, 5.74) is 3.40. The van der Waals surface area contributed by atoms with Crippen molar-refractivity contribution in [2.75, 3.05) is 11.9 Å². The number of aromatic nitrogens is 2. The number of rotatable bonds is 5. The van der Waals surface area contributed by atoms with Crippen LogP contribution in [0.2, 0.25) is 0 Å². The Morgan fingerprint density at radius 1 is 0.931 bits per heavy atom. The smallest absolute Gasteiger partial charge is 0.329 e. The first-order valence-electron chi connectivity index (χ1n) is 9.83. The van der Waals surface area contributed by atoms with Gasteiger partial charge in [-0.25, -0.2) is 4.79 Å². The van der Waals surface area contributed by atoms with Gasteiger partial charge in [0.2, 0.25) is 0 Å². The molecule has 2 aromatic carbocycles. The lowest BCUT2D eigenvalue weighted by atomic mass is 9.86. The maximum Gasteiger partial charge on any atom is 0.329 e. The molecule has 0 saturated heterocycles. The van der Waals surface area contributed by atoms with Crippen molar-refractivity contribution in [1.29, 1.82) is 0 Å². The lowest BCUT2D eigenvalue weighted by Gasteiger charge is -2.22. The number of hydrogen-bond donors (Lipinski definition) is 1. The number of anilines is 1. The van der Waals surface area contributed by atoms with Crippen molar-refractivity contribution in [3.8, 4) is 0 Å². The average Bonchev–Trinajstić information content (AvgIpc) is 2.68. The van der Waals surface area contributed by atoms with Gasteiger partial charge >= 0.3 is 5.69 Å². The Kier molecular flexibility index (Phi) is 5.78. The van der Waals surface area contributed by atoms with Crippen LogP contribution in [0, 0.1) is 0 Å². The molecule has 5 nitrogen and oxygen atoms in total. The third-order valence-electron chi connectivity index (χ3n) is 5.22. The second-order valence-electron chi connectivity index (χ2n) is 8.59. The van der Waals surface area contributed by atoms with Crippen LogP contribution >= 0.6 is 0 Å². The number of hydrogen-bond acceptors (Lipinski definition) is 3. The monoisotopic (exact) mass is 391 g/mol. The summed E-state index contributed by atoms with van der Waals surface area (Å²) in [6.45, 7) is 7.13. The lowest BCUT2D eigenvalue weighted by molar-refractivity contribution is 0.590. The quantitative estimate of drug-likeness (QED) is 0.723. The molecule has 3 rings (SSSR count). The summed E-state index contributed by atoms with van der Waals surface area (Å²) in [5.74, 6) is 0.571. The Hall–Kier alpha value is -3.08. The Labute approximate surface area is 171 Å². The maximum absolute atomic E-state index is 12.9. The molecular weight excluding hydrogens is 362 g/mol. The van der Waals surface area contributed by atoms with Gasteiger partial charge in [0, 0.05) is 27.1 Å². The third kappa shape index (κ3) is 4.67. The van der Waals surface area contributed by atoms with E-state index in [1.165, 1.54) is 12.6 Å². The summed E-state index contributed by atoms with van der Waals surface area (Å²) in [6, 6.07) is 18.3. The highest BCUT2D eigenvalue weighted by molar-refractivity contribution is 5.48. The van der Waals surface area contributed by atoms with Gasteiger partial charge in [-0.1, -0.05) is 75.4 Å². The molecule has 0 spiro atoms. The summed E-state index contributed by atoms with van der Waals surface area (Å²) in [7, 11) is 3.40. The summed E-state index contributed by atoms with van der Waals surface area (Å²) < 4.78 is 1.14. The van der Waals surface area contributed by atoms with Crippen molar-refractivity contribution in [2.24, 2.45) is 7.05 Å². The largest absolute Gasteiger partial charge is 0.356 e. The molecule has 0 aliphatic carbocycles. The Bertz CT molecular complexity index is 1090. The van der Waals surface area contributed by atoms with Crippen LogP contribution < -0.4 is 16.1 Å². The van der Waals surface area contributed by atoms with E-state index in [0.29, 0.717) is 24.3 Å². The Morgan fingerprint density at radius 3 is 2.14 bits per heavy atom. The van der Waals surface area contributed by atoms with E-state index >= 15 is 0 Å². The highest BCUT2D eigenvalue weighted by Gasteiger charge is 2.18. The standard InChI is InChI=1S/C24H29N3O2/c1-24(2,3)19-13-11-17(12-14-19)15-20-21(25-23(29)27(5)22(20)28)26(4)16-18-9-7-6-8-10-18/h6-14H,15-16H2,1-5H3,(H,25,29). The molecule has 1 heterocycles. The van der Waals surface area contributed by atoms with Crippen molar-refractivity contribution in [3.63, 3.8) is 0 Å². The highest BCUT2D eigenvalue weighted by atomic mass is 16.2. The molecule has 0 radical (unpaired) electrons. The second-order valence-corrected chi connectivity index (χ2v) is 8.59. The van der Waals surface area contributed by atoms with Gasteiger partial charge in [-0.15, -0.1) is 0 Å². The van der Waals surface area contributed by atoms with Gasteiger partial charge in [-0.05, 0) is 22.1 Å². The Morgan fingerprint density at radius 2 is 1.55 bits per heavy atom. The third-order valence-corrected chi connectivity index (χ3v) is 5.22. The molecule has 0 saturated carbocycles. The van der Waals surface area contributed by atoms with Gasteiger partial charge in [0.25, 0.3) is 5.56 Å². The molecule has 152 valence electrons. The number of benzene rings is 2. The fourth-order valence-corrected chi connectivity index (χ4v) is 3.40. The zero-order chi connectivity index (χ0) is 21.2. The first-order chi connectivity index (χ1) is 13.7. The van der Waals surface area contributed by atoms with E-state index in [9.17, 15) is 9.59 Å². The zero-order valence-corrected chi connectivity index (χ0v) is 17.8. The molecular formula is C24H29N3O2. The fourth-order valence-electron chi connectivity index (χ4n) is 3.40. The first-order valence-corrected chi connectivity index (χ1v) is 9.83. The molecule has 0 aliphatic rings. The van der Waals surface area contributed by atoms with Crippen LogP contribution in [-0.2, 0) is 25.4 Å². The van der Waals surface area contributed by atoms with Crippen LogP contribution in [0.25, 0.3) is 0 Å². The van der Waals surface area contributed by atoms with Gasteiger partial charge in [-0.2, -0.15) is 0 Å². The molecule has 0 fully saturated rings. The number of aromatic amines is 1. The topological polar surface area (TPSA) is 58.1 Å². The Balaban J connectivity index is 1.98. The SMILES string of the molecule is CN(Cc1ccccc1)c1[nH]c(=O)n(C)c(=O)c1Cc1ccc(C(C)(C)C)cc1. The van der Waals surface area contributed by atoms with Crippen molar-refractivity contribution >= 4 is 5.82 Å². The molecule has 3 aromatic rings. The predicted octanol–water partition coefficient (Wildman–Crippen LogP) is 3.60. The first kappa shape index (κ1) is 20.6. The van der Waals surface area contributed by atoms with Crippen LogP contribution in [0.15, 0.2) is 64.2 Å². The molecule has 0 amide bonds. The molecule has 1 N–H and O–H groups in total. The van der Waals surface area contributed by atoms with Gasteiger partial charge < -0.3 is 4.90 Å². The fraction of sp³-hybridized carbons (Fsp3) is 0.333. The van der Waals surface area contributed by atoms with E-state index in [2.05, 4.69) is 50.0 Å². The zero-order valence-electron chi connectivity index (χ0n) is 17.8. The highest BCUT2D eigenvalue weighted by Crippen LogP contribution is 2.24. The molecule has 1 aromatic heterocycles. The predicted molar refractivity (Wildman–Crippen MR) is 119 cm³/mol. The summed E-state index contributed by atoms with van der Waals surface area (Å²) in [5, 5.41) is 0. The van der Waals surface area contributed by atoms with Crippen LogP contribution in [0.3, 0.4) is 0 Å². The van der Waals surface area contributed by atoms with Gasteiger partial charge in [-0.3, -0.25) is 14.3 Å². The minimum absolute atomic E-state index is 0.0771. The van der Waals surface area contributed by atoms with Gasteiger partial charge in [0.15, 0.2) is 0 Å². The number of nitrogens with one attached hydrogen (secondary N) is 1. The van der Waals surface area contributed by atoms with Crippen molar-refractivity contribution in [2.45, 2.75) is 39.2 Å². The molecule has 0 aliphatic heterocycles. The van der Waals surface area contributed by atoms with Crippen molar-refractivity contribution in [1.82, 2.24) is 9.55 Å². The van der Waals surface area contributed by atoms with E-state index < -0.39 is 5.69 Å². The van der Waals surface area contributed by atoms with Gasteiger partial charge in [0.1, 0.15) is 5.82 Å². The summed E-state index contributed by atoms with van der Waals surface area (Å²) in [6.07, 6.45) is 0.461.